The number of nitrogens with zero attached hydrogens (tertiary/aromatic N) is 3. The molecule has 7 nitrogen and oxygen atoms in total. The first kappa shape index (κ1) is 22.7. The Balaban J connectivity index is 1.63. The first-order valence-corrected chi connectivity index (χ1v) is 10.9. The largest absolute Gasteiger partial charge is 0.497 e. The summed E-state index contributed by atoms with van der Waals surface area (Å²) in [6, 6.07) is 7.58. The van der Waals surface area contributed by atoms with Crippen molar-refractivity contribution in [2.75, 3.05) is 20.2 Å². The van der Waals surface area contributed by atoms with Gasteiger partial charge in [0.15, 0.2) is 0 Å². The third-order valence-corrected chi connectivity index (χ3v) is 5.55. The van der Waals surface area contributed by atoms with Gasteiger partial charge in [0, 0.05) is 38.2 Å². The summed E-state index contributed by atoms with van der Waals surface area (Å²) in [6.45, 7) is 7.79. The maximum atomic E-state index is 12.6. The molecule has 1 atom stereocenters. The van der Waals surface area contributed by atoms with Gasteiger partial charge >= 0.3 is 0 Å². The molecule has 0 aliphatic carbocycles. The number of nitrogens with one attached hydrogen (secondary N) is 1. The average Bonchev–Trinajstić information content (AvgIpc) is 2.77. The Bertz CT molecular complexity index is 929. The minimum atomic E-state index is -0.204. The number of hydrogen-bond donors (Lipinski definition) is 1. The van der Waals surface area contributed by atoms with Crippen LogP contribution in [0.3, 0.4) is 0 Å². The third kappa shape index (κ3) is 6.03. The normalized spacial score (nSPS) is 16.3. The summed E-state index contributed by atoms with van der Waals surface area (Å²) in [5, 5.41) is 2.92. The summed E-state index contributed by atoms with van der Waals surface area (Å²) in [6.07, 6.45) is 4.07. The van der Waals surface area contributed by atoms with Crippen molar-refractivity contribution in [2.45, 2.75) is 52.5 Å². The summed E-state index contributed by atoms with van der Waals surface area (Å²) < 4.78 is 5.22. The lowest BCUT2D eigenvalue weighted by Gasteiger charge is -2.32. The highest BCUT2D eigenvalue weighted by Crippen LogP contribution is 2.26. The Labute approximate surface area is 184 Å². The van der Waals surface area contributed by atoms with Gasteiger partial charge in [0.1, 0.15) is 11.6 Å². The van der Waals surface area contributed by atoms with Crippen LogP contribution in [0.5, 0.6) is 5.75 Å². The molecule has 1 aliphatic rings. The molecule has 1 aliphatic heterocycles. The zero-order valence-corrected chi connectivity index (χ0v) is 18.9. The molecule has 2 heterocycles. The van der Waals surface area contributed by atoms with E-state index in [0.29, 0.717) is 42.5 Å². The number of carbonyl (C=O) groups is 2. The van der Waals surface area contributed by atoms with E-state index in [4.69, 9.17) is 4.74 Å². The standard InChI is InChI=1S/C24H32N4O3/c1-16(2)11-22(29)28-10-6-8-19(15-28)23-25-14-21(17(3)27-23)24(30)26-13-18-7-5-9-20(12-18)31-4/h5,7,9,12,14,16,19H,6,8,10-11,13,15H2,1-4H3,(H,26,30). The van der Waals surface area contributed by atoms with Crippen LogP contribution in [0.15, 0.2) is 30.5 Å². The van der Waals surface area contributed by atoms with Crippen molar-refractivity contribution in [3.8, 4) is 5.75 Å². The molecule has 1 N–H and O–H groups in total. The molecule has 0 bridgehead atoms. The van der Waals surface area contributed by atoms with Gasteiger partial charge in [-0.3, -0.25) is 9.59 Å². The van der Waals surface area contributed by atoms with Gasteiger partial charge in [0.25, 0.3) is 5.91 Å². The fourth-order valence-electron chi connectivity index (χ4n) is 3.86. The number of hydrogen-bond acceptors (Lipinski definition) is 5. The molecular weight excluding hydrogens is 392 g/mol. The van der Waals surface area contributed by atoms with Crippen LogP contribution in [-0.2, 0) is 11.3 Å². The Morgan fingerprint density at radius 2 is 2.13 bits per heavy atom. The minimum absolute atomic E-state index is 0.109. The van der Waals surface area contributed by atoms with Crippen molar-refractivity contribution in [2.24, 2.45) is 5.92 Å². The van der Waals surface area contributed by atoms with E-state index < -0.39 is 0 Å². The number of piperidine rings is 1. The predicted octanol–water partition coefficient (Wildman–Crippen LogP) is 3.48. The van der Waals surface area contributed by atoms with E-state index in [0.717, 1.165) is 30.7 Å². The second-order valence-electron chi connectivity index (χ2n) is 8.54. The average molecular weight is 425 g/mol. The molecule has 0 spiro atoms. The topological polar surface area (TPSA) is 84.4 Å². The molecule has 3 rings (SSSR count). The molecule has 166 valence electrons. The van der Waals surface area contributed by atoms with Crippen LogP contribution in [0, 0.1) is 12.8 Å². The molecule has 1 unspecified atom stereocenters. The SMILES string of the molecule is COc1cccc(CNC(=O)c2cnc(C3CCCN(C(=O)CC(C)C)C3)nc2C)c1. The first-order chi connectivity index (χ1) is 14.9. The second kappa shape index (κ2) is 10.4. The number of rotatable bonds is 7. The van der Waals surface area contributed by atoms with Gasteiger partial charge in [-0.25, -0.2) is 9.97 Å². The number of amides is 2. The molecule has 1 aromatic heterocycles. The monoisotopic (exact) mass is 424 g/mol. The molecule has 2 aromatic rings. The summed E-state index contributed by atoms with van der Waals surface area (Å²) >= 11 is 0. The summed E-state index contributed by atoms with van der Waals surface area (Å²) in [4.78, 5) is 36.1. The Morgan fingerprint density at radius 3 is 2.84 bits per heavy atom. The lowest BCUT2D eigenvalue weighted by molar-refractivity contribution is -0.133. The molecular formula is C24H32N4O3. The summed E-state index contributed by atoms with van der Waals surface area (Å²) in [5.41, 5.74) is 2.07. The quantitative estimate of drug-likeness (QED) is 0.736. The minimum Gasteiger partial charge on any atom is -0.497 e. The summed E-state index contributed by atoms with van der Waals surface area (Å²) in [7, 11) is 1.62. The maximum absolute atomic E-state index is 12.6. The van der Waals surface area contributed by atoms with Gasteiger partial charge in [0.2, 0.25) is 5.91 Å². The van der Waals surface area contributed by atoms with E-state index in [2.05, 4.69) is 29.1 Å². The molecule has 1 aromatic carbocycles. The zero-order chi connectivity index (χ0) is 22.4. The van der Waals surface area contributed by atoms with Gasteiger partial charge in [-0.15, -0.1) is 0 Å². The Morgan fingerprint density at radius 1 is 1.32 bits per heavy atom. The lowest BCUT2D eigenvalue weighted by Crippen LogP contribution is -2.40. The lowest BCUT2D eigenvalue weighted by atomic mass is 9.96. The number of carbonyl (C=O) groups excluding carboxylic acids is 2. The fourth-order valence-corrected chi connectivity index (χ4v) is 3.86. The number of aromatic nitrogens is 2. The van der Waals surface area contributed by atoms with Gasteiger partial charge in [-0.05, 0) is 43.4 Å². The highest BCUT2D eigenvalue weighted by atomic mass is 16.5. The van der Waals surface area contributed by atoms with Crippen LogP contribution in [0.25, 0.3) is 0 Å². The number of methoxy groups -OCH3 is 1. The van der Waals surface area contributed by atoms with Crippen LogP contribution in [0.2, 0.25) is 0 Å². The van der Waals surface area contributed by atoms with Crippen LogP contribution in [0.4, 0.5) is 0 Å². The van der Waals surface area contributed by atoms with Crippen molar-refractivity contribution in [1.82, 2.24) is 20.2 Å². The van der Waals surface area contributed by atoms with Gasteiger partial charge in [-0.2, -0.15) is 0 Å². The van der Waals surface area contributed by atoms with Gasteiger partial charge in [-0.1, -0.05) is 26.0 Å². The maximum Gasteiger partial charge on any atom is 0.254 e. The van der Waals surface area contributed by atoms with E-state index in [1.165, 1.54) is 0 Å². The van der Waals surface area contributed by atoms with Gasteiger partial charge < -0.3 is 15.0 Å². The number of aryl methyl sites for hydroxylation is 1. The highest BCUT2D eigenvalue weighted by molar-refractivity contribution is 5.94. The first-order valence-electron chi connectivity index (χ1n) is 10.9. The van der Waals surface area contributed by atoms with E-state index in [1.54, 1.807) is 13.3 Å². The zero-order valence-electron chi connectivity index (χ0n) is 18.9. The van der Waals surface area contributed by atoms with Crippen LogP contribution >= 0.6 is 0 Å². The molecule has 1 fully saturated rings. The van der Waals surface area contributed by atoms with Crippen molar-refractivity contribution in [3.05, 3.63) is 53.1 Å². The molecule has 0 radical (unpaired) electrons. The molecule has 1 saturated heterocycles. The van der Waals surface area contributed by atoms with E-state index in [1.807, 2.05) is 36.1 Å². The van der Waals surface area contributed by atoms with E-state index in [-0.39, 0.29) is 17.7 Å². The van der Waals surface area contributed by atoms with E-state index in [9.17, 15) is 9.59 Å². The molecule has 7 heteroatoms. The highest BCUT2D eigenvalue weighted by Gasteiger charge is 2.27. The Kier molecular flexibility index (Phi) is 7.60. The van der Waals surface area contributed by atoms with E-state index >= 15 is 0 Å². The number of benzene rings is 1. The predicted molar refractivity (Wildman–Crippen MR) is 119 cm³/mol. The number of likely N-dealkylation sites (tertiary alicyclic amines) is 1. The fraction of sp³-hybridized carbons (Fsp3) is 0.500. The van der Waals surface area contributed by atoms with Crippen molar-refractivity contribution < 1.29 is 14.3 Å². The molecule has 0 saturated carbocycles. The smallest absolute Gasteiger partial charge is 0.254 e. The van der Waals surface area contributed by atoms with Crippen LogP contribution in [-0.4, -0.2) is 46.9 Å². The third-order valence-electron chi connectivity index (χ3n) is 5.55. The van der Waals surface area contributed by atoms with Crippen LogP contribution < -0.4 is 10.1 Å². The number of ether oxygens (including phenoxy) is 1. The van der Waals surface area contributed by atoms with Crippen molar-refractivity contribution in [1.29, 1.82) is 0 Å². The van der Waals surface area contributed by atoms with Crippen LogP contribution in [0.1, 0.15) is 66.5 Å². The van der Waals surface area contributed by atoms with Crippen molar-refractivity contribution in [3.63, 3.8) is 0 Å². The summed E-state index contributed by atoms with van der Waals surface area (Å²) in [5.74, 6) is 1.92. The molecule has 2 amide bonds. The second-order valence-corrected chi connectivity index (χ2v) is 8.54. The van der Waals surface area contributed by atoms with Gasteiger partial charge in [0.05, 0.1) is 18.4 Å². The molecule has 31 heavy (non-hydrogen) atoms. The Hall–Kier alpha value is -2.96. The van der Waals surface area contributed by atoms with Crippen molar-refractivity contribution >= 4 is 11.8 Å².